The summed E-state index contributed by atoms with van der Waals surface area (Å²) in [7, 11) is 1.95. The number of carbonyl (C=O) groups excluding carboxylic acids is 1. The molecule has 0 bridgehead atoms. The Hall–Kier alpha value is -1.36. The van der Waals surface area contributed by atoms with E-state index in [0.29, 0.717) is 13.0 Å². The number of amides is 1. The van der Waals surface area contributed by atoms with Gasteiger partial charge in [0, 0.05) is 18.0 Å². The molecule has 0 unspecified atom stereocenters. The maximum absolute atomic E-state index is 12.0. The second-order valence-corrected chi connectivity index (χ2v) is 5.04. The number of carbonyl (C=O) groups is 1. The first-order chi connectivity index (χ1) is 8.74. The van der Waals surface area contributed by atoms with E-state index in [0.717, 1.165) is 18.5 Å². The fourth-order valence-electron chi connectivity index (χ4n) is 2.63. The Kier molecular flexibility index (Phi) is 4.36. The molecule has 1 aromatic rings. The molecule has 0 saturated heterocycles. The maximum atomic E-state index is 12.0. The van der Waals surface area contributed by atoms with E-state index in [2.05, 4.69) is 15.8 Å². The van der Waals surface area contributed by atoms with Crippen LogP contribution in [0.25, 0.3) is 0 Å². The highest BCUT2D eigenvalue weighted by Gasteiger charge is 2.32. The minimum Gasteiger partial charge on any atom is -0.364 e. The van der Waals surface area contributed by atoms with E-state index in [1.807, 2.05) is 7.05 Å². The minimum absolute atomic E-state index is 0.00778. The molecule has 18 heavy (non-hydrogen) atoms. The van der Waals surface area contributed by atoms with Gasteiger partial charge in [0.05, 0.1) is 6.54 Å². The Bertz CT molecular complexity index is 370. The van der Waals surface area contributed by atoms with Crippen molar-refractivity contribution in [2.45, 2.75) is 50.6 Å². The van der Waals surface area contributed by atoms with Gasteiger partial charge in [-0.1, -0.05) is 24.4 Å². The molecule has 0 radical (unpaired) electrons. The Labute approximate surface area is 107 Å². The largest absolute Gasteiger partial charge is 0.364 e. The molecule has 2 rings (SSSR count). The molecule has 5 heteroatoms. The van der Waals surface area contributed by atoms with Crippen LogP contribution in [0.15, 0.2) is 16.9 Å². The van der Waals surface area contributed by atoms with E-state index in [1.165, 1.54) is 25.5 Å². The first-order valence-electron chi connectivity index (χ1n) is 6.59. The predicted octanol–water partition coefficient (Wildman–Crippen LogP) is 1.60. The maximum Gasteiger partial charge on any atom is 0.222 e. The van der Waals surface area contributed by atoms with Crippen molar-refractivity contribution < 1.29 is 9.32 Å². The molecule has 2 N–H and O–H groups in total. The molecule has 1 aliphatic carbocycles. The number of aromatic nitrogens is 1. The van der Waals surface area contributed by atoms with Crippen LogP contribution in [-0.2, 0) is 11.3 Å². The lowest BCUT2D eigenvalue weighted by Crippen LogP contribution is -2.48. The summed E-state index contributed by atoms with van der Waals surface area (Å²) in [6.45, 7) is 0.440. The van der Waals surface area contributed by atoms with E-state index in [9.17, 15) is 4.79 Å². The molecule has 1 saturated carbocycles. The van der Waals surface area contributed by atoms with E-state index in [1.54, 1.807) is 6.07 Å². The van der Waals surface area contributed by atoms with Crippen LogP contribution >= 0.6 is 0 Å². The molecule has 0 spiro atoms. The van der Waals surface area contributed by atoms with Gasteiger partial charge in [-0.2, -0.15) is 0 Å². The lowest BCUT2D eigenvalue weighted by Gasteiger charge is -2.36. The molecule has 100 valence electrons. The van der Waals surface area contributed by atoms with Gasteiger partial charge in [0.1, 0.15) is 12.0 Å². The molecular weight excluding hydrogens is 230 g/mol. The van der Waals surface area contributed by atoms with Crippen molar-refractivity contribution in [1.29, 1.82) is 0 Å². The summed E-state index contributed by atoms with van der Waals surface area (Å²) < 4.78 is 4.72. The van der Waals surface area contributed by atoms with Gasteiger partial charge in [0.15, 0.2) is 0 Å². The summed E-state index contributed by atoms with van der Waals surface area (Å²) in [5.41, 5.74) is 0.747. The first kappa shape index (κ1) is 13.1. The van der Waals surface area contributed by atoms with Crippen LogP contribution in [0, 0.1) is 0 Å². The number of nitrogens with zero attached hydrogens (tertiary/aromatic N) is 1. The van der Waals surface area contributed by atoms with Crippen LogP contribution in [0.3, 0.4) is 0 Å². The quantitative estimate of drug-likeness (QED) is 0.834. The second kappa shape index (κ2) is 6.00. The van der Waals surface area contributed by atoms with Crippen molar-refractivity contribution in [1.82, 2.24) is 15.8 Å². The van der Waals surface area contributed by atoms with Crippen molar-refractivity contribution in [3.63, 3.8) is 0 Å². The molecule has 0 atom stereocenters. The van der Waals surface area contributed by atoms with Crippen LogP contribution in [0.4, 0.5) is 0 Å². The van der Waals surface area contributed by atoms with Crippen molar-refractivity contribution in [2.75, 3.05) is 7.05 Å². The zero-order chi connectivity index (χ0) is 12.8. The van der Waals surface area contributed by atoms with Crippen molar-refractivity contribution in [3.05, 3.63) is 18.0 Å². The molecular formula is C13H21N3O2. The number of rotatable bonds is 5. The summed E-state index contributed by atoms with van der Waals surface area (Å²) >= 11 is 0. The van der Waals surface area contributed by atoms with Crippen LogP contribution in [-0.4, -0.2) is 23.7 Å². The van der Waals surface area contributed by atoms with Crippen LogP contribution in [0.1, 0.15) is 44.2 Å². The highest BCUT2D eigenvalue weighted by molar-refractivity contribution is 5.77. The smallest absolute Gasteiger partial charge is 0.222 e. The minimum atomic E-state index is -0.00778. The third-order valence-corrected chi connectivity index (χ3v) is 3.80. The fourth-order valence-corrected chi connectivity index (χ4v) is 2.63. The Balaban J connectivity index is 1.81. The average Bonchev–Trinajstić information content (AvgIpc) is 2.91. The first-order valence-corrected chi connectivity index (χ1v) is 6.59. The number of nitrogens with one attached hydrogen (secondary N) is 2. The van der Waals surface area contributed by atoms with Crippen molar-refractivity contribution in [2.24, 2.45) is 0 Å². The predicted molar refractivity (Wildman–Crippen MR) is 67.8 cm³/mol. The second-order valence-electron chi connectivity index (χ2n) is 5.04. The summed E-state index contributed by atoms with van der Waals surface area (Å²) in [6, 6.07) is 1.76. The zero-order valence-electron chi connectivity index (χ0n) is 10.9. The molecule has 0 aliphatic heterocycles. The molecule has 1 heterocycles. The molecule has 1 aliphatic rings. The Morgan fingerprint density at radius 3 is 2.83 bits per heavy atom. The fraction of sp³-hybridized carbons (Fsp3) is 0.692. The summed E-state index contributed by atoms with van der Waals surface area (Å²) in [4.78, 5) is 12.0. The lowest BCUT2D eigenvalue weighted by molar-refractivity contribution is -0.123. The SMILES string of the molecule is CNC1(CC(=O)NCc2ccon2)CCCCC1. The van der Waals surface area contributed by atoms with Gasteiger partial charge in [-0.05, 0) is 19.9 Å². The summed E-state index contributed by atoms with van der Waals surface area (Å²) in [5, 5.41) is 10.0. The van der Waals surface area contributed by atoms with Crippen molar-refractivity contribution in [3.8, 4) is 0 Å². The van der Waals surface area contributed by atoms with Gasteiger partial charge < -0.3 is 15.2 Å². The highest BCUT2D eigenvalue weighted by Crippen LogP contribution is 2.30. The lowest BCUT2D eigenvalue weighted by atomic mass is 9.79. The van der Waals surface area contributed by atoms with Crippen molar-refractivity contribution >= 4 is 5.91 Å². The van der Waals surface area contributed by atoms with E-state index in [-0.39, 0.29) is 11.4 Å². The summed E-state index contributed by atoms with van der Waals surface area (Å²) in [6.07, 6.45) is 7.92. The molecule has 0 aromatic carbocycles. The molecule has 5 nitrogen and oxygen atoms in total. The molecule has 1 fully saturated rings. The van der Waals surface area contributed by atoms with E-state index >= 15 is 0 Å². The highest BCUT2D eigenvalue weighted by atomic mass is 16.5. The van der Waals surface area contributed by atoms with Gasteiger partial charge in [-0.3, -0.25) is 4.79 Å². The van der Waals surface area contributed by atoms with E-state index < -0.39 is 0 Å². The average molecular weight is 251 g/mol. The molecule has 1 amide bonds. The normalized spacial score (nSPS) is 18.5. The van der Waals surface area contributed by atoms with Gasteiger partial charge in [-0.25, -0.2) is 0 Å². The Morgan fingerprint density at radius 1 is 1.44 bits per heavy atom. The molecule has 1 aromatic heterocycles. The van der Waals surface area contributed by atoms with Gasteiger partial charge in [0.2, 0.25) is 5.91 Å². The standard InChI is InChI=1S/C13H21N3O2/c1-14-13(6-3-2-4-7-13)9-12(17)15-10-11-5-8-18-16-11/h5,8,14H,2-4,6-7,9-10H2,1H3,(H,15,17). The van der Waals surface area contributed by atoms with Gasteiger partial charge >= 0.3 is 0 Å². The summed E-state index contributed by atoms with van der Waals surface area (Å²) in [5.74, 6) is 0.0780. The zero-order valence-corrected chi connectivity index (χ0v) is 10.9. The van der Waals surface area contributed by atoms with Crippen LogP contribution in [0.5, 0.6) is 0 Å². The van der Waals surface area contributed by atoms with Crippen LogP contribution < -0.4 is 10.6 Å². The monoisotopic (exact) mass is 251 g/mol. The number of hydrogen-bond acceptors (Lipinski definition) is 4. The van der Waals surface area contributed by atoms with Gasteiger partial charge in [-0.15, -0.1) is 0 Å². The Morgan fingerprint density at radius 2 is 2.22 bits per heavy atom. The topological polar surface area (TPSA) is 67.2 Å². The van der Waals surface area contributed by atoms with Crippen LogP contribution in [0.2, 0.25) is 0 Å². The van der Waals surface area contributed by atoms with Gasteiger partial charge in [0.25, 0.3) is 0 Å². The third-order valence-electron chi connectivity index (χ3n) is 3.80. The third kappa shape index (κ3) is 3.32. The number of hydrogen-bond donors (Lipinski definition) is 2. The van der Waals surface area contributed by atoms with E-state index in [4.69, 9.17) is 4.52 Å².